The first-order valence-electron chi connectivity index (χ1n) is 11.1. The number of aromatic amines is 1. The lowest BCUT2D eigenvalue weighted by molar-refractivity contribution is 0.319. The molecule has 3 aromatic rings. The van der Waals surface area contributed by atoms with E-state index in [4.69, 9.17) is 11.6 Å². The van der Waals surface area contributed by atoms with Crippen molar-refractivity contribution in [3.63, 3.8) is 0 Å². The number of aliphatic imine (C=N–C) groups is 1. The van der Waals surface area contributed by atoms with Crippen LogP contribution in [0.4, 0.5) is 0 Å². The number of aromatic nitrogens is 4. The maximum absolute atomic E-state index is 9.77. The van der Waals surface area contributed by atoms with Crippen LogP contribution in [-0.2, 0) is 6.42 Å². The van der Waals surface area contributed by atoms with Gasteiger partial charge in [-0.3, -0.25) is 0 Å². The predicted molar refractivity (Wildman–Crippen MR) is 128 cm³/mol. The summed E-state index contributed by atoms with van der Waals surface area (Å²) in [5.41, 5.74) is 6.38. The van der Waals surface area contributed by atoms with Gasteiger partial charge in [0.1, 0.15) is 5.16 Å². The molecule has 0 amide bonds. The summed E-state index contributed by atoms with van der Waals surface area (Å²) in [6.07, 6.45) is 5.82. The number of unbranched alkanes of at least 4 members (excludes halogenated alkanes) is 1. The Morgan fingerprint density at radius 3 is 2.53 bits per heavy atom. The highest BCUT2D eigenvalue weighted by Gasteiger charge is 2.21. The van der Waals surface area contributed by atoms with E-state index in [0.717, 1.165) is 66.5 Å². The Kier molecular flexibility index (Phi) is 7.45. The molecule has 0 aliphatic carbocycles. The Bertz CT molecular complexity index is 1090. The Morgan fingerprint density at radius 2 is 1.84 bits per heavy atom. The Hall–Kier alpha value is -2.83. The van der Waals surface area contributed by atoms with Crippen LogP contribution >= 0.6 is 11.6 Å². The van der Waals surface area contributed by atoms with Gasteiger partial charge in [-0.25, -0.2) is 4.99 Å². The van der Waals surface area contributed by atoms with Crippen LogP contribution in [-0.4, -0.2) is 38.0 Å². The van der Waals surface area contributed by atoms with Crippen molar-refractivity contribution in [1.82, 2.24) is 20.6 Å². The largest absolute Gasteiger partial charge is 0.392 e. The van der Waals surface area contributed by atoms with Crippen molar-refractivity contribution in [2.75, 3.05) is 6.61 Å². The molecule has 2 aromatic carbocycles. The summed E-state index contributed by atoms with van der Waals surface area (Å²) in [6.45, 7) is 2.15. The second kappa shape index (κ2) is 10.7. The summed E-state index contributed by atoms with van der Waals surface area (Å²) in [5.74, 6) is 0.962. The summed E-state index contributed by atoms with van der Waals surface area (Å²) in [7, 11) is 0. The summed E-state index contributed by atoms with van der Waals surface area (Å²) in [5, 5.41) is 24.7. The molecule has 0 spiro atoms. The SMILES string of the molecule is CCCCC1=NC(Cl)=C(CO)CC(Cc2ccc(-c3ccccc3-c3nn[nH]n3)cc2)C1. The number of H-pyrrole nitrogens is 1. The molecule has 1 atom stereocenters. The monoisotopic (exact) mass is 449 g/mol. The highest BCUT2D eigenvalue weighted by atomic mass is 35.5. The van der Waals surface area contributed by atoms with Crippen LogP contribution in [0.5, 0.6) is 0 Å². The van der Waals surface area contributed by atoms with Crippen LogP contribution in [0.2, 0.25) is 0 Å². The Balaban J connectivity index is 1.53. The van der Waals surface area contributed by atoms with Crippen molar-refractivity contribution in [3.05, 3.63) is 64.8 Å². The molecule has 7 heteroatoms. The number of halogens is 1. The normalized spacial score (nSPS) is 16.7. The zero-order valence-corrected chi connectivity index (χ0v) is 19.0. The third kappa shape index (κ3) is 5.31. The molecular weight excluding hydrogens is 422 g/mol. The number of aliphatic hydroxyl groups excluding tert-OH is 1. The van der Waals surface area contributed by atoms with Gasteiger partial charge >= 0.3 is 0 Å². The van der Waals surface area contributed by atoms with Crippen LogP contribution in [0.15, 0.2) is 64.3 Å². The van der Waals surface area contributed by atoms with Crippen molar-refractivity contribution in [2.24, 2.45) is 10.9 Å². The lowest BCUT2D eigenvalue weighted by atomic mass is 9.87. The maximum atomic E-state index is 9.77. The highest BCUT2D eigenvalue weighted by molar-refractivity contribution is 6.30. The van der Waals surface area contributed by atoms with Crippen LogP contribution in [0.3, 0.4) is 0 Å². The minimum absolute atomic E-state index is 0.0360. The highest BCUT2D eigenvalue weighted by Crippen LogP contribution is 2.32. The van der Waals surface area contributed by atoms with Crippen molar-refractivity contribution >= 4 is 17.3 Å². The summed E-state index contributed by atoms with van der Waals surface area (Å²) in [6, 6.07) is 16.7. The van der Waals surface area contributed by atoms with Gasteiger partial charge in [-0.15, -0.1) is 10.2 Å². The molecule has 6 nitrogen and oxygen atoms in total. The van der Waals surface area contributed by atoms with Gasteiger partial charge in [0, 0.05) is 11.3 Å². The average molecular weight is 450 g/mol. The van der Waals surface area contributed by atoms with Gasteiger partial charge in [0.25, 0.3) is 0 Å². The van der Waals surface area contributed by atoms with E-state index >= 15 is 0 Å². The van der Waals surface area contributed by atoms with E-state index in [9.17, 15) is 5.11 Å². The minimum atomic E-state index is -0.0360. The lowest BCUT2D eigenvalue weighted by Gasteiger charge is -2.17. The first-order chi connectivity index (χ1) is 15.7. The third-order valence-corrected chi connectivity index (χ3v) is 6.27. The van der Waals surface area contributed by atoms with Gasteiger partial charge in [0.2, 0.25) is 5.82 Å². The number of hydrogen-bond acceptors (Lipinski definition) is 5. The number of tetrazole rings is 1. The zero-order valence-electron chi connectivity index (χ0n) is 18.3. The van der Waals surface area contributed by atoms with E-state index in [1.165, 1.54) is 5.56 Å². The van der Waals surface area contributed by atoms with E-state index in [1.807, 2.05) is 18.2 Å². The molecule has 1 unspecified atom stereocenters. The van der Waals surface area contributed by atoms with Crippen LogP contribution < -0.4 is 0 Å². The first kappa shape index (κ1) is 22.4. The molecule has 0 fully saturated rings. The summed E-state index contributed by atoms with van der Waals surface area (Å²) in [4.78, 5) is 4.63. The van der Waals surface area contributed by atoms with Gasteiger partial charge in [-0.2, -0.15) is 5.21 Å². The Morgan fingerprint density at radius 1 is 1.06 bits per heavy atom. The number of nitrogens with one attached hydrogen (secondary N) is 1. The molecule has 2 heterocycles. The molecule has 32 heavy (non-hydrogen) atoms. The first-order valence-corrected chi connectivity index (χ1v) is 11.5. The van der Waals surface area contributed by atoms with E-state index in [2.05, 4.69) is 62.9 Å². The lowest BCUT2D eigenvalue weighted by Crippen LogP contribution is -2.11. The van der Waals surface area contributed by atoms with Gasteiger partial charge < -0.3 is 5.11 Å². The topological polar surface area (TPSA) is 87.0 Å². The fourth-order valence-corrected chi connectivity index (χ4v) is 4.53. The molecule has 1 aliphatic rings. The quantitative estimate of drug-likeness (QED) is 0.440. The van der Waals surface area contributed by atoms with Crippen LogP contribution in [0.25, 0.3) is 22.5 Å². The van der Waals surface area contributed by atoms with Crippen molar-refractivity contribution in [2.45, 2.75) is 45.4 Å². The molecule has 0 radical (unpaired) electrons. The number of nitrogens with zero attached hydrogens (tertiary/aromatic N) is 4. The number of hydrogen-bond donors (Lipinski definition) is 2. The van der Waals surface area contributed by atoms with Gasteiger partial charge in [0.15, 0.2) is 0 Å². The van der Waals surface area contributed by atoms with Crippen molar-refractivity contribution in [1.29, 1.82) is 0 Å². The molecule has 1 aliphatic heterocycles. The Labute approximate surface area is 193 Å². The van der Waals surface area contributed by atoms with Crippen LogP contribution in [0.1, 0.15) is 44.6 Å². The molecule has 1 aromatic heterocycles. The van der Waals surface area contributed by atoms with Gasteiger partial charge in [-0.05, 0) is 65.5 Å². The van der Waals surface area contributed by atoms with E-state index in [1.54, 1.807) is 0 Å². The number of aliphatic hydroxyl groups is 1. The molecule has 0 bridgehead atoms. The summed E-state index contributed by atoms with van der Waals surface area (Å²) < 4.78 is 0. The molecule has 0 saturated carbocycles. The molecule has 0 saturated heterocycles. The molecule has 2 N–H and O–H groups in total. The minimum Gasteiger partial charge on any atom is -0.392 e. The second-order valence-corrected chi connectivity index (χ2v) is 8.65. The molecular formula is C25H28ClN5O. The second-order valence-electron chi connectivity index (χ2n) is 8.29. The van der Waals surface area contributed by atoms with Gasteiger partial charge in [-0.1, -0.05) is 73.5 Å². The zero-order chi connectivity index (χ0) is 22.3. The summed E-state index contributed by atoms with van der Waals surface area (Å²) >= 11 is 6.39. The van der Waals surface area contributed by atoms with Gasteiger partial charge in [0.05, 0.1) is 6.61 Å². The maximum Gasteiger partial charge on any atom is 0.205 e. The fourth-order valence-electron chi connectivity index (χ4n) is 4.27. The van der Waals surface area contributed by atoms with E-state index in [0.29, 0.717) is 16.9 Å². The average Bonchev–Trinajstić information content (AvgIpc) is 3.31. The molecule has 4 rings (SSSR count). The number of benzene rings is 2. The fraction of sp³-hybridized carbons (Fsp3) is 0.360. The standard InChI is InChI=1S/C25H28ClN5O/c1-2-3-6-21-15-18(14-20(16-32)24(26)27-21)13-17-9-11-19(12-10-17)22-7-4-5-8-23(22)25-28-30-31-29-25/h4-5,7-12,18,32H,2-3,6,13-16H2,1H3,(H,28,29,30,31). The van der Waals surface area contributed by atoms with Crippen molar-refractivity contribution in [3.8, 4) is 22.5 Å². The van der Waals surface area contributed by atoms with Crippen molar-refractivity contribution < 1.29 is 5.11 Å². The molecule has 166 valence electrons. The van der Waals surface area contributed by atoms with Crippen LogP contribution in [0, 0.1) is 5.92 Å². The third-order valence-electron chi connectivity index (χ3n) is 5.92. The van der Waals surface area contributed by atoms with E-state index < -0.39 is 0 Å². The smallest absolute Gasteiger partial charge is 0.205 e. The number of rotatable bonds is 8. The van der Waals surface area contributed by atoms with E-state index in [-0.39, 0.29) is 6.61 Å². The predicted octanol–water partition coefficient (Wildman–Crippen LogP) is 5.56.